The van der Waals surface area contributed by atoms with Gasteiger partial charge in [-0.15, -0.1) is 10.2 Å². The van der Waals surface area contributed by atoms with E-state index in [-0.39, 0.29) is 31.2 Å². The Morgan fingerprint density at radius 3 is 2.85 bits per heavy atom. The molecule has 0 saturated carbocycles. The Morgan fingerprint density at radius 1 is 1.15 bits per heavy atom. The van der Waals surface area contributed by atoms with Gasteiger partial charge in [0.2, 0.25) is 23.6 Å². The molecule has 0 aliphatic carbocycles. The van der Waals surface area contributed by atoms with E-state index < -0.39 is 0 Å². The third kappa shape index (κ3) is 5.21. The summed E-state index contributed by atoms with van der Waals surface area (Å²) in [7, 11) is 0. The van der Waals surface area contributed by atoms with E-state index in [9.17, 15) is 9.59 Å². The van der Waals surface area contributed by atoms with E-state index in [0.29, 0.717) is 23.9 Å². The van der Waals surface area contributed by atoms with Crippen LogP contribution < -0.4 is 10.6 Å². The predicted molar refractivity (Wildman–Crippen MR) is 96.4 cm³/mol. The molecule has 8 nitrogen and oxygen atoms in total. The van der Waals surface area contributed by atoms with Crippen LogP contribution in [0.5, 0.6) is 0 Å². The van der Waals surface area contributed by atoms with Gasteiger partial charge in [-0.3, -0.25) is 14.6 Å². The largest absolute Gasteiger partial charge is 0.421 e. The first-order valence-corrected chi connectivity index (χ1v) is 8.96. The number of aromatic nitrogens is 3. The Bertz CT molecular complexity index is 848. The van der Waals surface area contributed by atoms with E-state index in [2.05, 4.69) is 25.8 Å². The summed E-state index contributed by atoms with van der Waals surface area (Å²) in [6.45, 7) is 0.259. The highest BCUT2D eigenvalue weighted by atomic mass is 32.1. The van der Waals surface area contributed by atoms with Crippen molar-refractivity contribution in [1.82, 2.24) is 20.5 Å². The fourth-order valence-electron chi connectivity index (χ4n) is 2.14. The van der Waals surface area contributed by atoms with Crippen molar-refractivity contribution < 1.29 is 14.0 Å². The van der Waals surface area contributed by atoms with Gasteiger partial charge in [-0.25, -0.2) is 0 Å². The van der Waals surface area contributed by atoms with Crippen LogP contribution in [0.25, 0.3) is 11.5 Å². The molecule has 3 rings (SSSR count). The van der Waals surface area contributed by atoms with Crippen molar-refractivity contribution in [2.45, 2.75) is 19.3 Å². The van der Waals surface area contributed by atoms with Crippen molar-refractivity contribution in [3.63, 3.8) is 0 Å². The molecule has 0 aliphatic rings. The zero-order chi connectivity index (χ0) is 18.2. The van der Waals surface area contributed by atoms with Crippen LogP contribution in [0.3, 0.4) is 0 Å². The summed E-state index contributed by atoms with van der Waals surface area (Å²) in [5.74, 6) is 0.509. The molecule has 3 aromatic rings. The maximum absolute atomic E-state index is 11.9. The standard InChI is InChI=1S/C17H17N5O3S/c23-14(19-8-5-15(24)20-13-2-1-7-18-10-13)3-4-16-21-22-17(25-16)12-6-9-26-11-12/h1-2,6-7,9-11H,3-5,8H2,(H,19,23)(H,20,24). The number of nitrogens with zero attached hydrogens (tertiary/aromatic N) is 3. The number of nitrogens with one attached hydrogen (secondary N) is 2. The number of hydrogen-bond acceptors (Lipinski definition) is 7. The van der Waals surface area contributed by atoms with Crippen LogP contribution in [0.1, 0.15) is 18.7 Å². The van der Waals surface area contributed by atoms with E-state index in [1.165, 1.54) is 0 Å². The maximum atomic E-state index is 11.9. The molecule has 0 bridgehead atoms. The lowest BCUT2D eigenvalue weighted by molar-refractivity contribution is -0.121. The van der Waals surface area contributed by atoms with Crippen molar-refractivity contribution in [2.24, 2.45) is 0 Å². The number of rotatable bonds is 8. The summed E-state index contributed by atoms with van der Waals surface area (Å²) in [6.07, 6.45) is 3.94. The number of carbonyl (C=O) groups excluding carboxylic acids is 2. The molecular weight excluding hydrogens is 354 g/mol. The lowest BCUT2D eigenvalue weighted by Crippen LogP contribution is -2.27. The van der Waals surface area contributed by atoms with Crippen molar-refractivity contribution >= 4 is 28.8 Å². The summed E-state index contributed by atoms with van der Waals surface area (Å²) in [4.78, 5) is 27.5. The van der Waals surface area contributed by atoms with Gasteiger partial charge in [0.15, 0.2) is 0 Å². The topological polar surface area (TPSA) is 110 Å². The van der Waals surface area contributed by atoms with Gasteiger partial charge in [0.05, 0.1) is 11.9 Å². The molecule has 0 unspecified atom stereocenters. The molecule has 0 fully saturated rings. The van der Waals surface area contributed by atoms with Gasteiger partial charge in [-0.05, 0) is 23.6 Å². The molecule has 0 aromatic carbocycles. The molecule has 134 valence electrons. The van der Waals surface area contributed by atoms with Crippen molar-refractivity contribution in [1.29, 1.82) is 0 Å². The first kappa shape index (κ1) is 17.7. The van der Waals surface area contributed by atoms with Crippen molar-refractivity contribution in [3.8, 4) is 11.5 Å². The van der Waals surface area contributed by atoms with E-state index in [1.807, 2.05) is 16.8 Å². The number of aryl methyl sites for hydroxylation is 1. The monoisotopic (exact) mass is 371 g/mol. The fraction of sp³-hybridized carbons (Fsp3) is 0.235. The van der Waals surface area contributed by atoms with Crippen molar-refractivity contribution in [3.05, 3.63) is 47.2 Å². The SMILES string of the molecule is O=C(CCc1nnc(-c2ccsc2)o1)NCCC(=O)Nc1cccnc1. The summed E-state index contributed by atoms with van der Waals surface area (Å²) in [5, 5.41) is 17.1. The predicted octanol–water partition coefficient (Wildman–Crippen LogP) is 2.27. The van der Waals surface area contributed by atoms with E-state index in [0.717, 1.165) is 5.56 Å². The first-order chi connectivity index (χ1) is 12.7. The molecule has 2 N–H and O–H groups in total. The van der Waals surface area contributed by atoms with E-state index in [4.69, 9.17) is 4.42 Å². The molecular formula is C17H17N5O3S. The Morgan fingerprint density at radius 2 is 2.08 bits per heavy atom. The average molecular weight is 371 g/mol. The normalized spacial score (nSPS) is 10.5. The minimum absolute atomic E-state index is 0.172. The van der Waals surface area contributed by atoms with Gasteiger partial charge < -0.3 is 15.1 Å². The second kappa shape index (κ2) is 8.86. The molecule has 0 saturated heterocycles. The van der Waals surface area contributed by atoms with Crippen LogP contribution in [0.15, 0.2) is 45.8 Å². The van der Waals surface area contributed by atoms with Crippen LogP contribution in [-0.2, 0) is 16.0 Å². The smallest absolute Gasteiger partial charge is 0.248 e. The van der Waals surface area contributed by atoms with Gasteiger partial charge in [0.25, 0.3) is 0 Å². The molecule has 0 spiro atoms. The second-order valence-electron chi connectivity index (χ2n) is 5.40. The Hall–Kier alpha value is -3.07. The summed E-state index contributed by atoms with van der Waals surface area (Å²) in [5.41, 5.74) is 1.50. The number of pyridine rings is 1. The molecule has 0 radical (unpaired) electrons. The number of hydrogen-bond donors (Lipinski definition) is 2. The lowest BCUT2D eigenvalue weighted by Gasteiger charge is -2.06. The number of anilines is 1. The van der Waals surface area contributed by atoms with Crippen LogP contribution in [0.4, 0.5) is 5.69 Å². The van der Waals surface area contributed by atoms with E-state index >= 15 is 0 Å². The van der Waals surface area contributed by atoms with Crippen molar-refractivity contribution in [2.75, 3.05) is 11.9 Å². The van der Waals surface area contributed by atoms with Crippen LogP contribution in [0, 0.1) is 0 Å². The number of carbonyl (C=O) groups is 2. The van der Waals surface area contributed by atoms with Gasteiger partial charge in [-0.2, -0.15) is 11.3 Å². The van der Waals surface area contributed by atoms with Gasteiger partial charge in [-0.1, -0.05) is 0 Å². The van der Waals surface area contributed by atoms with Gasteiger partial charge in [0, 0.05) is 42.9 Å². The Kier molecular flexibility index (Phi) is 6.05. The van der Waals surface area contributed by atoms with Crippen LogP contribution in [0.2, 0.25) is 0 Å². The van der Waals surface area contributed by atoms with E-state index in [1.54, 1.807) is 35.9 Å². The maximum Gasteiger partial charge on any atom is 0.248 e. The van der Waals surface area contributed by atoms with Gasteiger partial charge >= 0.3 is 0 Å². The molecule has 3 aromatic heterocycles. The third-order valence-corrected chi connectivity index (χ3v) is 4.10. The molecule has 0 atom stereocenters. The highest BCUT2D eigenvalue weighted by Crippen LogP contribution is 2.20. The summed E-state index contributed by atoms with van der Waals surface area (Å²) in [6, 6.07) is 5.38. The minimum atomic E-state index is -0.185. The third-order valence-electron chi connectivity index (χ3n) is 3.42. The number of thiophene rings is 1. The van der Waals surface area contributed by atoms with Gasteiger partial charge in [0.1, 0.15) is 0 Å². The molecule has 0 aliphatic heterocycles. The zero-order valence-corrected chi connectivity index (χ0v) is 14.7. The summed E-state index contributed by atoms with van der Waals surface area (Å²) < 4.78 is 5.52. The average Bonchev–Trinajstić information content (AvgIpc) is 3.32. The molecule has 2 amide bonds. The van der Waals surface area contributed by atoms with Crippen LogP contribution >= 0.6 is 11.3 Å². The molecule has 3 heterocycles. The first-order valence-electron chi connectivity index (χ1n) is 8.02. The quantitative estimate of drug-likeness (QED) is 0.628. The number of amides is 2. The molecule has 9 heteroatoms. The highest BCUT2D eigenvalue weighted by molar-refractivity contribution is 7.08. The minimum Gasteiger partial charge on any atom is -0.421 e. The fourth-order valence-corrected chi connectivity index (χ4v) is 2.77. The lowest BCUT2D eigenvalue weighted by atomic mass is 10.3. The van der Waals surface area contributed by atoms with Crippen LogP contribution in [-0.4, -0.2) is 33.5 Å². The molecule has 26 heavy (non-hydrogen) atoms. The second-order valence-corrected chi connectivity index (χ2v) is 6.18. The highest BCUT2D eigenvalue weighted by Gasteiger charge is 2.11. The summed E-state index contributed by atoms with van der Waals surface area (Å²) >= 11 is 1.55. The zero-order valence-electron chi connectivity index (χ0n) is 13.8. The Balaban J connectivity index is 1.35. The Labute approximate surface area is 153 Å².